The van der Waals surface area contributed by atoms with Crippen molar-refractivity contribution < 1.29 is 0 Å². The van der Waals surface area contributed by atoms with Crippen LogP contribution in [0.5, 0.6) is 0 Å². The van der Waals surface area contributed by atoms with Gasteiger partial charge in [0.05, 0.1) is 24.3 Å². The van der Waals surface area contributed by atoms with Crippen LogP contribution in [0, 0.1) is 5.92 Å². The average Bonchev–Trinajstić information content (AvgIpc) is 3.27. The molecule has 4 rings (SSSR count). The van der Waals surface area contributed by atoms with Crippen LogP contribution in [-0.4, -0.2) is 37.5 Å². The van der Waals surface area contributed by atoms with Crippen molar-refractivity contribution in [3.8, 4) is 0 Å². The highest BCUT2D eigenvalue weighted by molar-refractivity contribution is 6.10. The van der Waals surface area contributed by atoms with E-state index in [4.69, 9.17) is 9.98 Å². The number of H-pyrrole nitrogens is 1. The molecule has 2 aromatic heterocycles. The zero-order valence-electron chi connectivity index (χ0n) is 15.6. The number of aryl methyl sites for hydroxylation is 2. The van der Waals surface area contributed by atoms with Crippen LogP contribution >= 0.6 is 0 Å². The fourth-order valence-corrected chi connectivity index (χ4v) is 3.74. The number of nitrogens with zero attached hydrogens (tertiary/aromatic N) is 5. The fourth-order valence-electron chi connectivity index (χ4n) is 3.74. The monoisotopic (exact) mass is 353 g/mol. The van der Waals surface area contributed by atoms with Crippen LogP contribution < -0.4 is 5.32 Å². The maximum Gasteiger partial charge on any atom is 0.177 e. The quantitative estimate of drug-likeness (QED) is 0.869. The van der Waals surface area contributed by atoms with Crippen LogP contribution in [0.3, 0.4) is 0 Å². The zero-order valence-corrected chi connectivity index (χ0v) is 15.6. The topological polar surface area (TPSA) is 83.2 Å². The molecule has 0 amide bonds. The van der Waals surface area contributed by atoms with Gasteiger partial charge in [0.2, 0.25) is 0 Å². The molecule has 0 saturated heterocycles. The van der Waals surface area contributed by atoms with Crippen LogP contribution in [-0.2, 0) is 13.5 Å². The Labute approximate surface area is 154 Å². The van der Waals surface area contributed by atoms with Gasteiger partial charge >= 0.3 is 0 Å². The highest BCUT2D eigenvalue weighted by Crippen LogP contribution is 2.24. The third-order valence-corrected chi connectivity index (χ3v) is 5.31. The predicted molar refractivity (Wildman–Crippen MR) is 104 cm³/mol. The molecule has 1 unspecified atom stereocenters. The van der Waals surface area contributed by atoms with Gasteiger partial charge in [-0.25, -0.2) is 9.98 Å². The van der Waals surface area contributed by atoms with E-state index >= 15 is 0 Å². The number of hydrogen-bond acceptors (Lipinski definition) is 4. The van der Waals surface area contributed by atoms with Gasteiger partial charge in [0.1, 0.15) is 11.5 Å². The second-order valence-electron chi connectivity index (χ2n) is 7.44. The number of fused-ring (bicyclic) bond motifs is 1. The Bertz CT molecular complexity index is 807. The van der Waals surface area contributed by atoms with Crippen molar-refractivity contribution in [2.45, 2.75) is 57.9 Å². The maximum atomic E-state index is 5.03. The van der Waals surface area contributed by atoms with Crippen molar-refractivity contribution in [2.24, 2.45) is 23.0 Å². The summed E-state index contributed by atoms with van der Waals surface area (Å²) in [7, 11) is 1.92. The van der Waals surface area contributed by atoms with E-state index in [1.165, 1.54) is 19.3 Å². The molecule has 0 radical (unpaired) electrons. The third-order valence-electron chi connectivity index (χ3n) is 5.31. The molecule has 7 nitrogen and oxygen atoms in total. The Hall–Kier alpha value is -2.44. The average molecular weight is 353 g/mol. The van der Waals surface area contributed by atoms with Gasteiger partial charge in [0.15, 0.2) is 5.84 Å². The lowest BCUT2D eigenvalue weighted by atomic mass is 9.96. The number of amidine groups is 2. The molecule has 1 aliphatic heterocycles. The van der Waals surface area contributed by atoms with E-state index in [-0.39, 0.29) is 0 Å². The number of rotatable bonds is 2. The van der Waals surface area contributed by atoms with E-state index in [0.717, 1.165) is 54.4 Å². The number of nitrogens with one attached hydrogen (secondary N) is 2. The Kier molecular flexibility index (Phi) is 4.86. The minimum atomic E-state index is 0.309. The van der Waals surface area contributed by atoms with Gasteiger partial charge in [0.25, 0.3) is 0 Å². The minimum absolute atomic E-state index is 0.309. The lowest BCUT2D eigenvalue weighted by molar-refractivity contribution is 0.443. The molecule has 0 aromatic carbocycles. The molecule has 7 heteroatoms. The fraction of sp³-hybridized carbons (Fsp3) is 0.579. The summed E-state index contributed by atoms with van der Waals surface area (Å²) < 4.78 is 1.79. The molecule has 1 fully saturated rings. The summed E-state index contributed by atoms with van der Waals surface area (Å²) in [4.78, 5) is 17.8. The smallest absolute Gasteiger partial charge is 0.177 e. The Morgan fingerprint density at radius 2 is 2.08 bits per heavy atom. The van der Waals surface area contributed by atoms with Crippen molar-refractivity contribution in [3.63, 3.8) is 0 Å². The van der Waals surface area contributed by atoms with E-state index < -0.39 is 0 Å². The second kappa shape index (κ2) is 7.43. The summed E-state index contributed by atoms with van der Waals surface area (Å²) in [5.74, 6) is 2.02. The number of anilines is 1. The van der Waals surface area contributed by atoms with E-state index in [1.807, 2.05) is 19.4 Å². The highest BCUT2D eigenvalue weighted by atomic mass is 15.3. The van der Waals surface area contributed by atoms with E-state index in [9.17, 15) is 0 Å². The Morgan fingerprint density at radius 3 is 2.85 bits per heavy atom. The van der Waals surface area contributed by atoms with Gasteiger partial charge in [-0.3, -0.25) is 9.67 Å². The van der Waals surface area contributed by atoms with Crippen LogP contribution in [0.15, 0.2) is 28.7 Å². The summed E-state index contributed by atoms with van der Waals surface area (Å²) in [5, 5.41) is 7.70. The molecule has 2 aliphatic rings. The number of aliphatic imine (C=N–C) groups is 2. The summed E-state index contributed by atoms with van der Waals surface area (Å²) >= 11 is 0. The van der Waals surface area contributed by atoms with Gasteiger partial charge in [-0.2, -0.15) is 5.10 Å². The molecule has 138 valence electrons. The number of aromatic nitrogens is 4. The lowest BCUT2D eigenvalue weighted by Crippen LogP contribution is -2.26. The van der Waals surface area contributed by atoms with Crippen molar-refractivity contribution in [1.82, 2.24) is 19.7 Å². The molecular formula is C19H27N7. The first kappa shape index (κ1) is 17.0. The molecule has 26 heavy (non-hydrogen) atoms. The van der Waals surface area contributed by atoms with E-state index in [1.54, 1.807) is 11.0 Å². The second-order valence-corrected chi connectivity index (χ2v) is 7.44. The first-order chi connectivity index (χ1) is 12.7. The van der Waals surface area contributed by atoms with Crippen LogP contribution in [0.4, 0.5) is 5.69 Å². The van der Waals surface area contributed by atoms with Crippen molar-refractivity contribution in [3.05, 3.63) is 30.1 Å². The molecular weight excluding hydrogens is 326 g/mol. The van der Waals surface area contributed by atoms with Gasteiger partial charge in [-0.15, -0.1) is 0 Å². The summed E-state index contributed by atoms with van der Waals surface area (Å²) in [5.41, 5.74) is 3.02. The lowest BCUT2D eigenvalue weighted by Gasteiger charge is -2.21. The Balaban J connectivity index is 1.70. The summed E-state index contributed by atoms with van der Waals surface area (Å²) in [6.45, 7) is 2.21. The summed E-state index contributed by atoms with van der Waals surface area (Å²) in [6, 6.07) is 0.362. The normalized spacial score (nSPS) is 23.2. The van der Waals surface area contributed by atoms with Gasteiger partial charge in [-0.1, -0.05) is 26.2 Å². The maximum absolute atomic E-state index is 5.03. The van der Waals surface area contributed by atoms with Gasteiger partial charge in [-0.05, 0) is 25.7 Å². The van der Waals surface area contributed by atoms with E-state index in [2.05, 4.69) is 27.3 Å². The SMILES string of the molecule is CC1CCc2[nH]cnc2C(=NC2CCCCC2)N=C1Nc1cnn(C)c1. The number of imidazole rings is 1. The molecule has 2 N–H and O–H groups in total. The van der Waals surface area contributed by atoms with Crippen molar-refractivity contribution in [1.29, 1.82) is 0 Å². The highest BCUT2D eigenvalue weighted by Gasteiger charge is 2.23. The number of hydrogen-bond donors (Lipinski definition) is 2. The molecule has 1 atom stereocenters. The van der Waals surface area contributed by atoms with Crippen molar-refractivity contribution in [2.75, 3.05) is 5.32 Å². The van der Waals surface area contributed by atoms with Gasteiger partial charge in [0, 0.05) is 24.9 Å². The van der Waals surface area contributed by atoms with Gasteiger partial charge < -0.3 is 10.3 Å². The largest absolute Gasteiger partial charge is 0.348 e. The molecule has 0 bridgehead atoms. The van der Waals surface area contributed by atoms with Crippen LogP contribution in [0.25, 0.3) is 0 Å². The molecule has 2 aromatic rings. The zero-order chi connectivity index (χ0) is 17.9. The van der Waals surface area contributed by atoms with Crippen LogP contribution in [0.1, 0.15) is 56.8 Å². The van der Waals surface area contributed by atoms with Crippen LogP contribution in [0.2, 0.25) is 0 Å². The molecule has 1 aliphatic carbocycles. The Morgan fingerprint density at radius 1 is 1.23 bits per heavy atom. The third kappa shape index (κ3) is 3.71. The molecule has 3 heterocycles. The van der Waals surface area contributed by atoms with E-state index in [0.29, 0.717) is 12.0 Å². The molecule has 0 spiro atoms. The minimum Gasteiger partial charge on any atom is -0.348 e. The first-order valence-corrected chi connectivity index (χ1v) is 9.63. The predicted octanol–water partition coefficient (Wildman–Crippen LogP) is 3.32. The standard InChI is InChI=1S/C19H27N7/c1-13-8-9-16-17(21-12-20-16)19(23-14-6-4-3-5-7-14)25-18(13)24-15-10-22-26(2)11-15/h10-14H,3-9H2,1-2H3,(H,20,21)(H,23,24,25). The summed E-state index contributed by atoms with van der Waals surface area (Å²) in [6.07, 6.45) is 13.7. The first-order valence-electron chi connectivity index (χ1n) is 9.63. The molecule has 1 saturated carbocycles. The van der Waals surface area contributed by atoms with Crippen molar-refractivity contribution >= 4 is 17.4 Å². The number of aromatic amines is 1.